The van der Waals surface area contributed by atoms with Gasteiger partial charge < -0.3 is 9.57 Å². The Morgan fingerprint density at radius 2 is 2.00 bits per heavy atom. The molecule has 0 unspecified atom stereocenters. The van der Waals surface area contributed by atoms with Crippen molar-refractivity contribution in [2.75, 3.05) is 13.1 Å². The standard InChI is InChI=1S/C15H22N2O3/c1-15(2,3)19-14(18)20-17-10-7-12(8-11-17)13-6-4-5-9-16-13/h4-6,9,12H,7-8,10-11H2,1-3H3. The second-order valence-corrected chi connectivity index (χ2v) is 6.01. The smallest absolute Gasteiger partial charge is 0.427 e. The maximum atomic E-state index is 11.6. The molecule has 5 heteroatoms. The predicted molar refractivity (Wildman–Crippen MR) is 75.1 cm³/mol. The lowest BCUT2D eigenvalue weighted by atomic mass is 9.94. The van der Waals surface area contributed by atoms with Gasteiger partial charge in [-0.05, 0) is 45.7 Å². The predicted octanol–water partition coefficient (Wildman–Crippen LogP) is 3.13. The third-order valence-corrected chi connectivity index (χ3v) is 3.15. The number of rotatable bonds is 2. The van der Waals surface area contributed by atoms with Crippen molar-refractivity contribution in [3.8, 4) is 0 Å². The molecule has 1 aliphatic rings. The lowest BCUT2D eigenvalue weighted by Gasteiger charge is -2.30. The summed E-state index contributed by atoms with van der Waals surface area (Å²) in [6, 6.07) is 5.98. The third-order valence-electron chi connectivity index (χ3n) is 3.15. The van der Waals surface area contributed by atoms with E-state index < -0.39 is 11.8 Å². The van der Waals surface area contributed by atoms with Crippen LogP contribution in [0.2, 0.25) is 0 Å². The van der Waals surface area contributed by atoms with Crippen molar-refractivity contribution in [1.82, 2.24) is 10.0 Å². The van der Waals surface area contributed by atoms with Crippen LogP contribution in [0.1, 0.15) is 45.2 Å². The van der Waals surface area contributed by atoms with E-state index in [-0.39, 0.29) is 0 Å². The average molecular weight is 278 g/mol. The molecule has 1 aromatic rings. The maximum Gasteiger partial charge on any atom is 0.528 e. The summed E-state index contributed by atoms with van der Waals surface area (Å²) in [6.07, 6.45) is 3.05. The monoisotopic (exact) mass is 278 g/mol. The van der Waals surface area contributed by atoms with Crippen LogP contribution in [-0.2, 0) is 9.57 Å². The molecule has 1 aliphatic heterocycles. The quantitative estimate of drug-likeness (QED) is 0.778. The Labute approximate surface area is 119 Å². The SMILES string of the molecule is CC(C)(C)OC(=O)ON1CCC(c2ccccn2)CC1. The van der Waals surface area contributed by atoms with Crippen LogP contribution >= 0.6 is 0 Å². The van der Waals surface area contributed by atoms with Crippen molar-refractivity contribution in [1.29, 1.82) is 0 Å². The van der Waals surface area contributed by atoms with Gasteiger partial charge in [-0.1, -0.05) is 6.07 Å². The van der Waals surface area contributed by atoms with E-state index in [1.54, 1.807) is 5.06 Å². The summed E-state index contributed by atoms with van der Waals surface area (Å²) in [5.74, 6) is 0.440. The topological polar surface area (TPSA) is 51.7 Å². The highest BCUT2D eigenvalue weighted by atomic mass is 16.8. The fourth-order valence-corrected chi connectivity index (χ4v) is 2.23. The zero-order valence-electron chi connectivity index (χ0n) is 12.3. The van der Waals surface area contributed by atoms with Gasteiger partial charge in [-0.3, -0.25) is 4.98 Å². The van der Waals surface area contributed by atoms with Gasteiger partial charge in [-0.2, -0.15) is 0 Å². The highest BCUT2D eigenvalue weighted by molar-refractivity contribution is 5.60. The molecule has 0 aliphatic carbocycles. The Morgan fingerprint density at radius 3 is 2.55 bits per heavy atom. The van der Waals surface area contributed by atoms with E-state index in [1.165, 1.54) is 0 Å². The number of hydrogen-bond acceptors (Lipinski definition) is 5. The molecule has 1 aromatic heterocycles. The Hall–Kier alpha value is -1.62. The summed E-state index contributed by atoms with van der Waals surface area (Å²) >= 11 is 0. The second-order valence-electron chi connectivity index (χ2n) is 6.01. The minimum Gasteiger partial charge on any atom is -0.427 e. The van der Waals surface area contributed by atoms with E-state index in [2.05, 4.69) is 11.1 Å². The van der Waals surface area contributed by atoms with Crippen molar-refractivity contribution < 1.29 is 14.4 Å². The van der Waals surface area contributed by atoms with Gasteiger partial charge >= 0.3 is 6.16 Å². The van der Waals surface area contributed by atoms with Crippen LogP contribution in [-0.4, -0.2) is 34.9 Å². The summed E-state index contributed by atoms with van der Waals surface area (Å²) in [4.78, 5) is 21.2. The van der Waals surface area contributed by atoms with E-state index in [9.17, 15) is 4.79 Å². The molecule has 110 valence electrons. The van der Waals surface area contributed by atoms with Gasteiger partial charge in [0.15, 0.2) is 0 Å². The number of carbonyl (C=O) groups is 1. The van der Waals surface area contributed by atoms with Crippen molar-refractivity contribution in [2.45, 2.75) is 45.1 Å². The van der Waals surface area contributed by atoms with Crippen LogP contribution in [0, 0.1) is 0 Å². The first kappa shape index (κ1) is 14.8. The van der Waals surface area contributed by atoms with Crippen LogP contribution in [0.3, 0.4) is 0 Å². The molecule has 0 radical (unpaired) electrons. The van der Waals surface area contributed by atoms with Crippen molar-refractivity contribution in [3.63, 3.8) is 0 Å². The van der Waals surface area contributed by atoms with E-state index in [1.807, 2.05) is 39.1 Å². The Kier molecular flexibility index (Phi) is 4.60. The van der Waals surface area contributed by atoms with Crippen LogP contribution in [0.25, 0.3) is 0 Å². The average Bonchev–Trinajstić information content (AvgIpc) is 2.38. The number of hydrogen-bond donors (Lipinski definition) is 0. The minimum atomic E-state index is -0.631. The molecule has 0 atom stereocenters. The Bertz CT molecular complexity index is 434. The highest BCUT2D eigenvalue weighted by Gasteiger charge is 2.26. The van der Waals surface area contributed by atoms with E-state index in [4.69, 9.17) is 9.57 Å². The highest BCUT2D eigenvalue weighted by Crippen LogP contribution is 2.26. The lowest BCUT2D eigenvalue weighted by molar-refractivity contribution is -0.152. The normalized spacial score (nSPS) is 17.8. The van der Waals surface area contributed by atoms with Crippen LogP contribution in [0.5, 0.6) is 0 Å². The fourth-order valence-electron chi connectivity index (χ4n) is 2.23. The first-order chi connectivity index (χ1) is 9.44. The molecule has 1 saturated heterocycles. The van der Waals surface area contributed by atoms with Gasteiger partial charge in [-0.15, -0.1) is 5.06 Å². The van der Waals surface area contributed by atoms with E-state index in [0.29, 0.717) is 19.0 Å². The number of carbonyl (C=O) groups excluding carboxylic acids is 1. The number of ether oxygens (including phenoxy) is 1. The molecule has 1 fully saturated rings. The zero-order valence-corrected chi connectivity index (χ0v) is 12.3. The van der Waals surface area contributed by atoms with E-state index >= 15 is 0 Å². The molecule has 0 amide bonds. The molecule has 0 aromatic carbocycles. The van der Waals surface area contributed by atoms with Crippen LogP contribution < -0.4 is 0 Å². The second kappa shape index (κ2) is 6.22. The molecule has 0 saturated carbocycles. The summed E-state index contributed by atoms with van der Waals surface area (Å²) < 4.78 is 5.14. The first-order valence-corrected chi connectivity index (χ1v) is 7.01. The zero-order chi connectivity index (χ0) is 14.6. The Balaban J connectivity index is 1.79. The van der Waals surface area contributed by atoms with E-state index in [0.717, 1.165) is 18.5 Å². The molecule has 20 heavy (non-hydrogen) atoms. The molecule has 0 bridgehead atoms. The fraction of sp³-hybridized carbons (Fsp3) is 0.600. The third kappa shape index (κ3) is 4.49. The molecular weight excluding hydrogens is 256 g/mol. The molecule has 2 heterocycles. The van der Waals surface area contributed by atoms with Gasteiger partial charge in [0.1, 0.15) is 5.60 Å². The maximum absolute atomic E-state index is 11.6. The molecule has 0 N–H and O–H groups in total. The van der Waals surface area contributed by atoms with Gasteiger partial charge in [-0.25, -0.2) is 4.79 Å². The number of nitrogens with zero attached hydrogens (tertiary/aromatic N) is 2. The molecule has 5 nitrogen and oxygen atoms in total. The number of piperidine rings is 1. The van der Waals surface area contributed by atoms with Crippen LogP contribution in [0.4, 0.5) is 4.79 Å². The number of aromatic nitrogens is 1. The summed E-state index contributed by atoms with van der Waals surface area (Å²) in [7, 11) is 0. The number of hydroxylamine groups is 2. The summed E-state index contributed by atoms with van der Waals surface area (Å²) in [6.45, 7) is 6.88. The minimum absolute atomic E-state index is 0.440. The molecule has 0 spiro atoms. The van der Waals surface area contributed by atoms with Crippen molar-refractivity contribution in [3.05, 3.63) is 30.1 Å². The molecule has 2 rings (SSSR count). The Morgan fingerprint density at radius 1 is 1.30 bits per heavy atom. The van der Waals surface area contributed by atoms with Crippen LogP contribution in [0.15, 0.2) is 24.4 Å². The first-order valence-electron chi connectivity index (χ1n) is 7.01. The van der Waals surface area contributed by atoms with Crippen molar-refractivity contribution >= 4 is 6.16 Å². The summed E-state index contributed by atoms with van der Waals surface area (Å²) in [5.41, 5.74) is 0.591. The number of pyridine rings is 1. The van der Waals surface area contributed by atoms with Gasteiger partial charge in [0.25, 0.3) is 0 Å². The van der Waals surface area contributed by atoms with Gasteiger partial charge in [0, 0.05) is 30.9 Å². The van der Waals surface area contributed by atoms with Gasteiger partial charge in [0.05, 0.1) is 0 Å². The summed E-state index contributed by atoms with van der Waals surface area (Å²) in [5, 5.41) is 1.67. The lowest BCUT2D eigenvalue weighted by Crippen LogP contribution is -2.37. The van der Waals surface area contributed by atoms with Gasteiger partial charge in [0.2, 0.25) is 0 Å². The molecular formula is C15H22N2O3. The van der Waals surface area contributed by atoms with Crippen molar-refractivity contribution in [2.24, 2.45) is 0 Å². The largest absolute Gasteiger partial charge is 0.528 e.